The Morgan fingerprint density at radius 1 is 0.474 bits per heavy atom. The third-order valence-electron chi connectivity index (χ3n) is 7.10. The minimum absolute atomic E-state index is 0.688. The van der Waals surface area contributed by atoms with Crippen LogP contribution in [0.5, 0.6) is 5.75 Å². The fourth-order valence-electron chi connectivity index (χ4n) is 4.61. The number of hydrogen-bond acceptors (Lipinski definition) is 4. The van der Waals surface area contributed by atoms with Crippen LogP contribution in [0.1, 0.15) is 156 Å². The number of benzene rings is 1. The second kappa shape index (κ2) is 26.5. The van der Waals surface area contributed by atoms with E-state index in [9.17, 15) is 0 Å². The highest BCUT2D eigenvalue weighted by molar-refractivity contribution is 7.61. The van der Waals surface area contributed by atoms with Crippen LogP contribution < -0.4 is 4.89 Å². The summed E-state index contributed by atoms with van der Waals surface area (Å²) >= 11 is 0. The van der Waals surface area contributed by atoms with Crippen molar-refractivity contribution < 1.29 is 18.6 Å². The van der Waals surface area contributed by atoms with Crippen LogP contribution in [0.15, 0.2) is 30.3 Å². The van der Waals surface area contributed by atoms with E-state index >= 15 is 0 Å². The second-order valence-corrected chi connectivity index (χ2v) is 13.2. The van der Waals surface area contributed by atoms with E-state index in [4.69, 9.17) is 18.6 Å². The van der Waals surface area contributed by atoms with Gasteiger partial charge in [0, 0.05) is 4.67 Å². The summed E-state index contributed by atoms with van der Waals surface area (Å²) in [7, 11) is -2.58. The summed E-state index contributed by atoms with van der Waals surface area (Å²) in [6.07, 6.45) is 27.4. The maximum atomic E-state index is 6.53. The van der Waals surface area contributed by atoms with Crippen molar-refractivity contribution in [2.24, 2.45) is 0 Å². The minimum atomic E-state index is -2.58. The first-order chi connectivity index (χ1) is 18.8. The Kier molecular flexibility index (Phi) is 24.7. The molecule has 222 valence electrons. The van der Waals surface area contributed by atoms with Gasteiger partial charge in [-0.3, -0.25) is 4.89 Å². The smallest absolute Gasteiger partial charge is 0.298 e. The van der Waals surface area contributed by atoms with Crippen LogP contribution in [0.3, 0.4) is 0 Å². The standard InChI is InChI=1S/C33H62O4P/c1-4-7-10-13-16-19-25-30-34-38(32-27-21-18-15-12-9-6-3,37-36-33-28-23-22-24-29-33)35-31-26-20-17-14-11-8-5-2/h22-24,28-29H,4-21,25-27,30-32H2,1-3H3/q+1. The van der Waals surface area contributed by atoms with Gasteiger partial charge in [0.15, 0.2) is 5.75 Å². The molecular weight excluding hydrogens is 491 g/mol. The zero-order valence-electron chi connectivity index (χ0n) is 25.4. The molecule has 0 unspecified atom stereocenters. The van der Waals surface area contributed by atoms with Gasteiger partial charge in [-0.1, -0.05) is 148 Å². The molecule has 0 fully saturated rings. The highest BCUT2D eigenvalue weighted by Gasteiger charge is 2.48. The molecule has 0 aromatic heterocycles. The van der Waals surface area contributed by atoms with E-state index in [-0.39, 0.29) is 0 Å². The summed E-state index contributed by atoms with van der Waals surface area (Å²) in [5.74, 6) is 0.704. The summed E-state index contributed by atoms with van der Waals surface area (Å²) in [4.78, 5) is 5.83. The first-order valence-corrected chi connectivity index (χ1v) is 18.1. The van der Waals surface area contributed by atoms with Crippen molar-refractivity contribution >= 4 is 7.94 Å². The molecule has 4 nitrogen and oxygen atoms in total. The fourth-order valence-corrected chi connectivity index (χ4v) is 6.73. The Balaban J connectivity index is 2.64. The van der Waals surface area contributed by atoms with E-state index in [1.807, 2.05) is 30.3 Å². The molecule has 5 heteroatoms. The topological polar surface area (TPSA) is 36.9 Å². The summed E-state index contributed by atoms with van der Waals surface area (Å²) in [5, 5.41) is 0. The predicted octanol–water partition coefficient (Wildman–Crippen LogP) is 12.0. The largest absolute Gasteiger partial charge is 0.464 e. The first kappa shape index (κ1) is 35.4. The molecule has 0 saturated heterocycles. The van der Waals surface area contributed by atoms with Crippen molar-refractivity contribution in [1.29, 1.82) is 0 Å². The van der Waals surface area contributed by atoms with Gasteiger partial charge < -0.3 is 0 Å². The van der Waals surface area contributed by atoms with Gasteiger partial charge >= 0.3 is 7.94 Å². The normalized spacial score (nSPS) is 11.8. The molecule has 0 amide bonds. The van der Waals surface area contributed by atoms with Crippen molar-refractivity contribution in [3.8, 4) is 5.75 Å². The van der Waals surface area contributed by atoms with Crippen LogP contribution in [0, 0.1) is 0 Å². The van der Waals surface area contributed by atoms with Crippen LogP contribution in [0.4, 0.5) is 0 Å². The van der Waals surface area contributed by atoms with E-state index in [0.29, 0.717) is 19.0 Å². The van der Waals surface area contributed by atoms with Crippen LogP contribution in [0.2, 0.25) is 0 Å². The van der Waals surface area contributed by atoms with Crippen LogP contribution >= 0.6 is 7.94 Å². The predicted molar refractivity (Wildman–Crippen MR) is 166 cm³/mol. The number of para-hydroxylation sites is 1. The lowest BCUT2D eigenvalue weighted by molar-refractivity contribution is -0.127. The van der Waals surface area contributed by atoms with Crippen LogP contribution in [0.25, 0.3) is 0 Å². The number of rotatable bonds is 29. The molecule has 0 aliphatic carbocycles. The first-order valence-electron chi connectivity index (χ1n) is 16.3. The Labute approximate surface area is 237 Å². The Morgan fingerprint density at radius 3 is 1.32 bits per heavy atom. The van der Waals surface area contributed by atoms with Gasteiger partial charge in [-0.2, -0.15) is 9.05 Å². The molecule has 1 aromatic carbocycles. The molecule has 0 aliphatic heterocycles. The lowest BCUT2D eigenvalue weighted by Crippen LogP contribution is -2.15. The Bertz CT molecular complexity index is 578. The Morgan fingerprint density at radius 2 is 0.868 bits per heavy atom. The maximum absolute atomic E-state index is 6.53. The van der Waals surface area contributed by atoms with Gasteiger partial charge in [-0.15, -0.1) is 0 Å². The summed E-state index contributed by atoms with van der Waals surface area (Å²) in [6, 6.07) is 9.77. The molecule has 1 aromatic rings. The third kappa shape index (κ3) is 20.3. The summed E-state index contributed by atoms with van der Waals surface area (Å²) in [5.41, 5.74) is 0. The number of unbranched alkanes of at least 4 members (excludes halogenated alkanes) is 18. The molecule has 0 radical (unpaired) electrons. The van der Waals surface area contributed by atoms with Crippen molar-refractivity contribution in [2.45, 2.75) is 156 Å². The van der Waals surface area contributed by atoms with Crippen LogP contribution in [-0.4, -0.2) is 19.4 Å². The molecule has 0 bridgehead atoms. The summed E-state index contributed by atoms with van der Waals surface area (Å²) in [6.45, 7) is 8.19. The number of hydrogen-bond donors (Lipinski definition) is 0. The lowest BCUT2D eigenvalue weighted by Gasteiger charge is -2.21. The SMILES string of the molecule is CCCCCCCCCO[P+](CCCCCCCCC)(OCCCCCCCCC)OOc1ccccc1. The highest BCUT2D eigenvalue weighted by atomic mass is 31.2. The molecule has 0 atom stereocenters. The van der Waals surface area contributed by atoms with Crippen molar-refractivity contribution in [3.63, 3.8) is 0 Å². The minimum Gasteiger partial charge on any atom is -0.298 e. The molecule has 1 rings (SSSR count). The molecule has 38 heavy (non-hydrogen) atoms. The maximum Gasteiger partial charge on any atom is 0.464 e. The average molecular weight is 554 g/mol. The molecule has 0 heterocycles. The molecular formula is C33H62O4P+. The zero-order chi connectivity index (χ0) is 27.4. The lowest BCUT2D eigenvalue weighted by atomic mass is 10.1. The van der Waals surface area contributed by atoms with Gasteiger partial charge in [0.25, 0.3) is 0 Å². The van der Waals surface area contributed by atoms with E-state index in [1.165, 1.54) is 116 Å². The molecule has 0 aliphatic rings. The zero-order valence-corrected chi connectivity index (χ0v) is 26.3. The molecule has 0 N–H and O–H groups in total. The van der Waals surface area contributed by atoms with Crippen molar-refractivity contribution in [2.75, 3.05) is 19.4 Å². The average Bonchev–Trinajstić information content (AvgIpc) is 2.94. The highest BCUT2D eigenvalue weighted by Crippen LogP contribution is 2.63. The second-order valence-electron chi connectivity index (χ2n) is 10.8. The van der Waals surface area contributed by atoms with Crippen molar-refractivity contribution in [1.82, 2.24) is 0 Å². The Hall–Kier alpha value is -0.670. The molecule has 0 saturated carbocycles. The fraction of sp³-hybridized carbons (Fsp3) is 0.818. The van der Waals surface area contributed by atoms with Gasteiger partial charge in [0.05, 0.1) is 13.2 Å². The van der Waals surface area contributed by atoms with E-state index in [0.717, 1.165) is 25.4 Å². The quantitative estimate of drug-likeness (QED) is 0.0428. The van der Waals surface area contributed by atoms with Crippen LogP contribution in [-0.2, 0) is 13.7 Å². The third-order valence-corrected chi connectivity index (χ3v) is 9.42. The van der Waals surface area contributed by atoms with Gasteiger partial charge in [0.2, 0.25) is 0 Å². The molecule has 0 spiro atoms. The van der Waals surface area contributed by atoms with Gasteiger partial charge in [-0.05, 0) is 37.8 Å². The van der Waals surface area contributed by atoms with Crippen molar-refractivity contribution in [3.05, 3.63) is 30.3 Å². The monoisotopic (exact) mass is 553 g/mol. The van der Waals surface area contributed by atoms with E-state index < -0.39 is 7.94 Å². The van der Waals surface area contributed by atoms with E-state index in [2.05, 4.69) is 20.8 Å². The van der Waals surface area contributed by atoms with E-state index in [1.54, 1.807) is 0 Å². The van der Waals surface area contributed by atoms with Gasteiger partial charge in [0.1, 0.15) is 6.16 Å². The van der Waals surface area contributed by atoms with Gasteiger partial charge in [-0.25, -0.2) is 0 Å². The summed E-state index contributed by atoms with van der Waals surface area (Å²) < 4.78 is 19.2.